The van der Waals surface area contributed by atoms with Crippen molar-refractivity contribution >= 4 is 12.1 Å². The highest BCUT2D eigenvalue weighted by atomic mass is 16.6. The van der Waals surface area contributed by atoms with E-state index in [1.807, 2.05) is 13.8 Å². The first-order chi connectivity index (χ1) is 7.25. The molecule has 0 aliphatic carbocycles. The van der Waals surface area contributed by atoms with Crippen LogP contribution in [0.2, 0.25) is 0 Å². The van der Waals surface area contributed by atoms with Crippen molar-refractivity contribution in [2.45, 2.75) is 59.7 Å². The van der Waals surface area contributed by atoms with Gasteiger partial charge in [-0.15, -0.1) is 0 Å². The Morgan fingerprint density at radius 2 is 1.56 bits per heavy atom. The lowest BCUT2D eigenvalue weighted by Gasteiger charge is -2.26. The highest BCUT2D eigenvalue weighted by molar-refractivity contribution is 5.91. The number of hydrogen-bond donors (Lipinski definition) is 1. The molecule has 0 rings (SSSR count). The number of nitrogens with one attached hydrogen (secondary N) is 1. The summed E-state index contributed by atoms with van der Waals surface area (Å²) in [5.74, 6) is 0. The molecule has 0 saturated carbocycles. The van der Waals surface area contributed by atoms with Crippen LogP contribution in [-0.2, 0) is 4.74 Å². The number of carbonyl (C=O) groups excluding carboxylic acids is 2. The maximum atomic E-state index is 11.7. The van der Waals surface area contributed by atoms with Gasteiger partial charge in [-0.3, -0.25) is 0 Å². The molecule has 0 spiro atoms. The van der Waals surface area contributed by atoms with Gasteiger partial charge < -0.3 is 10.1 Å². The molecule has 1 N–H and O–H groups in total. The number of ether oxygens (including phenoxy) is 1. The Balaban J connectivity index is 4.60. The summed E-state index contributed by atoms with van der Waals surface area (Å²) in [4.78, 5) is 24.5. The van der Waals surface area contributed by atoms with E-state index in [2.05, 4.69) is 5.32 Å². The molecular formula is C11H22N2O3. The van der Waals surface area contributed by atoms with E-state index < -0.39 is 12.1 Å². The second-order valence-corrected chi connectivity index (χ2v) is 4.50. The predicted octanol–water partition coefficient (Wildman–Crippen LogP) is 2.36. The van der Waals surface area contributed by atoms with Crippen molar-refractivity contribution < 1.29 is 14.3 Å². The summed E-state index contributed by atoms with van der Waals surface area (Å²) in [6.45, 7) is 10.7. The third kappa shape index (κ3) is 5.00. The van der Waals surface area contributed by atoms with Crippen molar-refractivity contribution in [1.82, 2.24) is 10.2 Å². The molecule has 0 saturated heterocycles. The average Bonchev–Trinajstić information content (AvgIpc) is 1.98. The number of carbonyl (C=O) groups is 2. The summed E-state index contributed by atoms with van der Waals surface area (Å²) in [6, 6.07) is -0.666. The molecule has 0 aromatic rings. The molecule has 0 unspecified atom stereocenters. The number of imide groups is 1. The van der Waals surface area contributed by atoms with Crippen LogP contribution >= 0.6 is 0 Å². The van der Waals surface area contributed by atoms with Crippen molar-refractivity contribution in [3.05, 3.63) is 0 Å². The van der Waals surface area contributed by atoms with E-state index in [9.17, 15) is 9.59 Å². The summed E-state index contributed by atoms with van der Waals surface area (Å²) in [5.41, 5.74) is 0. The van der Waals surface area contributed by atoms with E-state index in [1.54, 1.807) is 27.7 Å². The lowest BCUT2D eigenvalue weighted by molar-refractivity contribution is 0.0774. The Bertz CT molecular complexity index is 228. The molecule has 0 bridgehead atoms. The minimum Gasteiger partial charge on any atom is -0.446 e. The molecule has 0 aromatic carbocycles. The number of urea groups is 1. The third-order valence-corrected chi connectivity index (χ3v) is 1.68. The fraction of sp³-hybridized carbons (Fsp3) is 0.818. The molecule has 0 aliphatic rings. The van der Waals surface area contributed by atoms with Crippen LogP contribution in [0, 0.1) is 0 Å². The summed E-state index contributed by atoms with van der Waals surface area (Å²) in [5, 5.41) is 2.66. The third-order valence-electron chi connectivity index (χ3n) is 1.68. The first-order valence-corrected chi connectivity index (χ1v) is 5.56. The van der Waals surface area contributed by atoms with E-state index in [-0.39, 0.29) is 18.2 Å². The van der Waals surface area contributed by atoms with Crippen molar-refractivity contribution in [2.75, 3.05) is 0 Å². The van der Waals surface area contributed by atoms with E-state index in [0.29, 0.717) is 0 Å². The van der Waals surface area contributed by atoms with E-state index in [4.69, 9.17) is 4.74 Å². The summed E-state index contributed by atoms with van der Waals surface area (Å²) in [7, 11) is 0. The Kier molecular flexibility index (Phi) is 5.85. The van der Waals surface area contributed by atoms with Gasteiger partial charge in [-0.2, -0.15) is 0 Å². The molecular weight excluding hydrogens is 208 g/mol. The molecule has 0 aliphatic heterocycles. The maximum Gasteiger partial charge on any atom is 0.418 e. The molecule has 0 aromatic heterocycles. The van der Waals surface area contributed by atoms with Gasteiger partial charge in [0, 0.05) is 12.1 Å². The largest absolute Gasteiger partial charge is 0.446 e. The topological polar surface area (TPSA) is 58.6 Å². The Morgan fingerprint density at radius 1 is 1.06 bits per heavy atom. The van der Waals surface area contributed by atoms with E-state index in [1.165, 1.54) is 0 Å². The lowest BCUT2D eigenvalue weighted by Crippen LogP contribution is -2.50. The van der Waals surface area contributed by atoms with E-state index >= 15 is 0 Å². The Labute approximate surface area is 97.1 Å². The Hall–Kier alpha value is -1.26. The molecule has 0 fully saturated rings. The minimum atomic E-state index is -0.608. The first-order valence-electron chi connectivity index (χ1n) is 5.56. The molecule has 16 heavy (non-hydrogen) atoms. The van der Waals surface area contributed by atoms with Crippen molar-refractivity contribution in [3.8, 4) is 0 Å². The Morgan fingerprint density at radius 3 is 1.88 bits per heavy atom. The zero-order chi connectivity index (χ0) is 12.9. The normalized spacial score (nSPS) is 10.8. The summed E-state index contributed by atoms with van der Waals surface area (Å²) in [6.07, 6.45) is -0.844. The zero-order valence-corrected chi connectivity index (χ0v) is 10.9. The van der Waals surface area contributed by atoms with Crippen LogP contribution in [0.4, 0.5) is 9.59 Å². The molecule has 94 valence electrons. The SMILES string of the molecule is CC(C)NC(=O)N(C(=O)OC(C)C)C(C)C. The van der Waals surface area contributed by atoms with Gasteiger partial charge in [-0.05, 0) is 41.5 Å². The average molecular weight is 230 g/mol. The smallest absolute Gasteiger partial charge is 0.418 e. The van der Waals surface area contributed by atoms with Crippen LogP contribution in [0.1, 0.15) is 41.5 Å². The molecule has 3 amide bonds. The second kappa shape index (κ2) is 6.35. The summed E-state index contributed by atoms with van der Waals surface area (Å²) < 4.78 is 5.00. The number of amides is 3. The van der Waals surface area contributed by atoms with Crippen LogP contribution in [0.3, 0.4) is 0 Å². The van der Waals surface area contributed by atoms with Gasteiger partial charge >= 0.3 is 12.1 Å². The fourth-order valence-corrected chi connectivity index (χ4v) is 1.10. The van der Waals surface area contributed by atoms with Crippen molar-refractivity contribution in [2.24, 2.45) is 0 Å². The second-order valence-electron chi connectivity index (χ2n) is 4.50. The van der Waals surface area contributed by atoms with Crippen molar-refractivity contribution in [1.29, 1.82) is 0 Å². The molecule has 0 heterocycles. The molecule has 5 nitrogen and oxygen atoms in total. The monoisotopic (exact) mass is 230 g/mol. The van der Waals surface area contributed by atoms with Gasteiger partial charge in [0.1, 0.15) is 0 Å². The molecule has 5 heteroatoms. The zero-order valence-electron chi connectivity index (χ0n) is 10.9. The highest BCUT2D eigenvalue weighted by Gasteiger charge is 2.26. The number of rotatable bonds is 3. The van der Waals surface area contributed by atoms with E-state index in [0.717, 1.165) is 4.90 Å². The van der Waals surface area contributed by atoms with Crippen LogP contribution in [0.5, 0.6) is 0 Å². The van der Waals surface area contributed by atoms with Gasteiger partial charge in [0.2, 0.25) is 0 Å². The quantitative estimate of drug-likeness (QED) is 0.809. The standard InChI is InChI=1S/C11H22N2O3/c1-7(2)12-10(14)13(8(3)4)11(15)16-9(5)6/h7-9H,1-6H3,(H,12,14). The summed E-state index contributed by atoms with van der Waals surface area (Å²) >= 11 is 0. The highest BCUT2D eigenvalue weighted by Crippen LogP contribution is 2.05. The lowest BCUT2D eigenvalue weighted by atomic mass is 10.3. The predicted molar refractivity (Wildman–Crippen MR) is 62.3 cm³/mol. The van der Waals surface area contributed by atoms with Crippen LogP contribution in [0.15, 0.2) is 0 Å². The minimum absolute atomic E-state index is 0.0133. The first kappa shape index (κ1) is 14.7. The van der Waals surface area contributed by atoms with Gasteiger partial charge in [0.15, 0.2) is 0 Å². The van der Waals surface area contributed by atoms with Crippen molar-refractivity contribution in [3.63, 3.8) is 0 Å². The fourth-order valence-electron chi connectivity index (χ4n) is 1.10. The van der Waals surface area contributed by atoms with Gasteiger partial charge in [0.05, 0.1) is 6.10 Å². The van der Waals surface area contributed by atoms with Gasteiger partial charge in [-0.25, -0.2) is 14.5 Å². The van der Waals surface area contributed by atoms with Crippen LogP contribution in [-0.4, -0.2) is 35.2 Å². The van der Waals surface area contributed by atoms with Crippen LogP contribution in [0.25, 0.3) is 0 Å². The van der Waals surface area contributed by atoms with Gasteiger partial charge in [0.25, 0.3) is 0 Å². The number of nitrogens with zero attached hydrogens (tertiary/aromatic N) is 1. The van der Waals surface area contributed by atoms with Crippen LogP contribution < -0.4 is 5.32 Å². The molecule has 0 atom stereocenters. The maximum absolute atomic E-state index is 11.7. The van der Waals surface area contributed by atoms with Gasteiger partial charge in [-0.1, -0.05) is 0 Å². The number of hydrogen-bond acceptors (Lipinski definition) is 3. The molecule has 0 radical (unpaired) electrons.